The van der Waals surface area contributed by atoms with Crippen molar-refractivity contribution in [3.63, 3.8) is 0 Å². The van der Waals surface area contributed by atoms with Crippen molar-refractivity contribution in [2.24, 2.45) is 5.92 Å². The van der Waals surface area contributed by atoms with Crippen LogP contribution >= 0.6 is 0 Å². The quantitative estimate of drug-likeness (QED) is 0.304. The van der Waals surface area contributed by atoms with Crippen LogP contribution in [0.2, 0.25) is 0 Å². The molecule has 0 aliphatic carbocycles. The molecule has 0 unspecified atom stereocenters. The first kappa shape index (κ1) is 32.7. The summed E-state index contributed by atoms with van der Waals surface area (Å²) in [5.74, 6) is -1.03. The molecule has 1 atom stereocenters. The molecule has 0 aliphatic heterocycles. The molecule has 3 aromatic carbocycles. The molecular formula is C31H36F3N3O4S. The summed E-state index contributed by atoms with van der Waals surface area (Å²) in [5, 5.41) is 2.80. The topological polar surface area (TPSA) is 86.8 Å². The van der Waals surface area contributed by atoms with E-state index in [9.17, 15) is 31.2 Å². The molecule has 0 heterocycles. The summed E-state index contributed by atoms with van der Waals surface area (Å²) in [6.07, 6.45) is -4.74. The molecule has 7 nitrogen and oxygen atoms in total. The van der Waals surface area contributed by atoms with Crippen molar-refractivity contribution in [3.8, 4) is 0 Å². The number of amides is 2. The summed E-state index contributed by atoms with van der Waals surface area (Å²) in [7, 11) is -4.49. The van der Waals surface area contributed by atoms with Gasteiger partial charge in [0.1, 0.15) is 12.6 Å². The lowest BCUT2D eigenvalue weighted by Gasteiger charge is -2.32. The molecular weight excluding hydrogens is 567 g/mol. The molecule has 0 spiro atoms. The predicted octanol–water partition coefficient (Wildman–Crippen LogP) is 5.71. The van der Waals surface area contributed by atoms with E-state index in [-0.39, 0.29) is 23.0 Å². The number of carbonyl (C=O) groups excluding carboxylic acids is 2. The van der Waals surface area contributed by atoms with Gasteiger partial charge >= 0.3 is 6.18 Å². The Bertz CT molecular complexity index is 1510. The number of hydrogen-bond donors (Lipinski definition) is 1. The fourth-order valence-electron chi connectivity index (χ4n) is 4.21. The van der Waals surface area contributed by atoms with Crippen molar-refractivity contribution in [2.75, 3.05) is 17.4 Å². The van der Waals surface area contributed by atoms with Gasteiger partial charge in [-0.25, -0.2) is 8.42 Å². The summed E-state index contributed by atoms with van der Waals surface area (Å²) in [4.78, 5) is 28.1. The van der Waals surface area contributed by atoms with Crippen molar-refractivity contribution in [3.05, 3.63) is 95.1 Å². The maximum absolute atomic E-state index is 14.0. The van der Waals surface area contributed by atoms with Crippen molar-refractivity contribution < 1.29 is 31.2 Å². The zero-order valence-electron chi connectivity index (χ0n) is 24.3. The van der Waals surface area contributed by atoms with E-state index in [2.05, 4.69) is 5.32 Å². The van der Waals surface area contributed by atoms with E-state index in [1.54, 1.807) is 31.2 Å². The van der Waals surface area contributed by atoms with E-state index in [1.165, 1.54) is 30.0 Å². The normalized spacial score (nSPS) is 12.6. The third-order valence-corrected chi connectivity index (χ3v) is 8.59. The second-order valence-electron chi connectivity index (χ2n) is 10.6. The molecule has 3 rings (SSSR count). The number of anilines is 1. The summed E-state index contributed by atoms with van der Waals surface area (Å²) in [5.41, 5.74) is 0.982. The molecule has 2 amide bonds. The number of nitrogens with one attached hydrogen (secondary N) is 1. The van der Waals surface area contributed by atoms with Gasteiger partial charge in [-0.2, -0.15) is 13.2 Å². The van der Waals surface area contributed by atoms with E-state index >= 15 is 0 Å². The van der Waals surface area contributed by atoms with E-state index < -0.39 is 46.2 Å². The number of carbonyl (C=O) groups is 2. The standard InChI is InChI=1S/C31H36F3N3O4S/c1-21(2)18-35-30(39)24(5)36(19-25-10-7-6-9-23(25)4)29(38)20-37(27-12-8-11-26(17-27)31(32,33)34)42(40,41)28-15-13-22(3)14-16-28/h6-17,21,24H,18-20H2,1-5H3,(H,35,39)/t24-/m1/s1. The Kier molecular flexibility index (Phi) is 10.4. The maximum Gasteiger partial charge on any atom is 0.416 e. The molecule has 0 saturated heterocycles. The van der Waals surface area contributed by atoms with Crippen molar-refractivity contribution in [2.45, 2.75) is 58.3 Å². The Morgan fingerprint density at radius 2 is 1.55 bits per heavy atom. The lowest BCUT2D eigenvalue weighted by molar-refractivity contribution is -0.139. The largest absolute Gasteiger partial charge is 0.416 e. The number of alkyl halides is 3. The molecule has 0 radical (unpaired) electrons. The minimum Gasteiger partial charge on any atom is -0.354 e. The molecule has 0 fully saturated rings. The number of nitrogens with zero attached hydrogens (tertiary/aromatic N) is 2. The van der Waals surface area contributed by atoms with Crippen molar-refractivity contribution >= 4 is 27.5 Å². The first-order valence-electron chi connectivity index (χ1n) is 13.5. The highest BCUT2D eigenvalue weighted by molar-refractivity contribution is 7.92. The van der Waals surface area contributed by atoms with Gasteiger partial charge in [-0.05, 0) is 68.1 Å². The number of aryl methyl sites for hydroxylation is 2. The van der Waals surface area contributed by atoms with Crippen molar-refractivity contribution in [1.29, 1.82) is 0 Å². The minimum absolute atomic E-state index is 0.0111. The van der Waals surface area contributed by atoms with Crippen LogP contribution in [0.3, 0.4) is 0 Å². The summed E-state index contributed by atoms with van der Waals surface area (Å²) in [6.45, 7) is 8.52. The maximum atomic E-state index is 14.0. The average Bonchev–Trinajstić information content (AvgIpc) is 2.93. The Balaban J connectivity index is 2.09. The summed E-state index contributed by atoms with van der Waals surface area (Å²) in [6, 6.07) is 15.9. The first-order valence-corrected chi connectivity index (χ1v) is 14.9. The van der Waals surface area contributed by atoms with Crippen LogP contribution in [0.5, 0.6) is 0 Å². The Morgan fingerprint density at radius 1 is 0.905 bits per heavy atom. The van der Waals surface area contributed by atoms with E-state index in [4.69, 9.17) is 0 Å². The van der Waals surface area contributed by atoms with Gasteiger partial charge in [-0.15, -0.1) is 0 Å². The molecule has 0 saturated carbocycles. The van der Waals surface area contributed by atoms with Crippen LogP contribution in [0.4, 0.5) is 18.9 Å². The van der Waals surface area contributed by atoms with Crippen LogP contribution in [0, 0.1) is 19.8 Å². The number of hydrogen-bond acceptors (Lipinski definition) is 4. The number of halogens is 3. The molecule has 0 aliphatic rings. The van der Waals surface area contributed by atoms with E-state index in [0.717, 1.165) is 28.8 Å². The SMILES string of the molecule is Cc1ccc(S(=O)(=O)N(CC(=O)N(Cc2ccccc2C)[C@H](C)C(=O)NCC(C)C)c2cccc(C(F)(F)F)c2)cc1. The summed E-state index contributed by atoms with van der Waals surface area (Å²) < 4.78 is 69.2. The van der Waals surface area contributed by atoms with Gasteiger partial charge in [0, 0.05) is 13.1 Å². The fourth-order valence-corrected chi connectivity index (χ4v) is 5.62. The minimum atomic E-state index is -4.74. The van der Waals surface area contributed by atoms with Gasteiger partial charge in [0.05, 0.1) is 16.1 Å². The lowest BCUT2D eigenvalue weighted by Crippen LogP contribution is -2.51. The highest BCUT2D eigenvalue weighted by Crippen LogP contribution is 2.33. The number of rotatable bonds is 11. The van der Waals surface area contributed by atoms with Gasteiger partial charge in [-0.3, -0.25) is 13.9 Å². The number of sulfonamides is 1. The van der Waals surface area contributed by atoms with E-state index in [1.807, 2.05) is 32.9 Å². The molecule has 11 heteroatoms. The van der Waals surface area contributed by atoms with Gasteiger partial charge in [-0.1, -0.05) is 61.9 Å². The lowest BCUT2D eigenvalue weighted by atomic mass is 10.1. The second kappa shape index (κ2) is 13.4. The van der Waals surface area contributed by atoms with Gasteiger partial charge in [0.15, 0.2) is 0 Å². The third kappa shape index (κ3) is 8.12. The molecule has 3 aromatic rings. The molecule has 0 bridgehead atoms. The Hall–Kier alpha value is -3.86. The molecule has 0 aromatic heterocycles. The van der Waals surface area contributed by atoms with Crippen LogP contribution in [-0.4, -0.2) is 44.3 Å². The Morgan fingerprint density at radius 3 is 2.14 bits per heavy atom. The van der Waals surface area contributed by atoms with Crippen LogP contribution in [0.15, 0.2) is 77.7 Å². The average molecular weight is 604 g/mol. The first-order chi connectivity index (χ1) is 19.6. The highest BCUT2D eigenvalue weighted by atomic mass is 32.2. The van der Waals surface area contributed by atoms with Gasteiger partial charge < -0.3 is 10.2 Å². The predicted molar refractivity (Wildman–Crippen MR) is 156 cm³/mol. The highest BCUT2D eigenvalue weighted by Gasteiger charge is 2.35. The third-order valence-electron chi connectivity index (χ3n) is 6.80. The second-order valence-corrected chi connectivity index (χ2v) is 12.5. The zero-order valence-corrected chi connectivity index (χ0v) is 25.1. The van der Waals surface area contributed by atoms with Crippen LogP contribution in [-0.2, 0) is 32.3 Å². The fraction of sp³-hybridized carbons (Fsp3) is 0.355. The van der Waals surface area contributed by atoms with Crippen LogP contribution in [0.25, 0.3) is 0 Å². The van der Waals surface area contributed by atoms with Crippen LogP contribution < -0.4 is 9.62 Å². The van der Waals surface area contributed by atoms with Gasteiger partial charge in [0.25, 0.3) is 10.0 Å². The zero-order chi connectivity index (χ0) is 31.2. The number of benzene rings is 3. The van der Waals surface area contributed by atoms with Gasteiger partial charge in [0.2, 0.25) is 11.8 Å². The Labute approximate surface area is 245 Å². The summed E-state index contributed by atoms with van der Waals surface area (Å²) >= 11 is 0. The smallest absolute Gasteiger partial charge is 0.354 e. The molecule has 1 N–H and O–H groups in total. The molecule has 226 valence electrons. The van der Waals surface area contributed by atoms with Crippen LogP contribution in [0.1, 0.15) is 43.0 Å². The monoisotopic (exact) mass is 603 g/mol. The van der Waals surface area contributed by atoms with Crippen molar-refractivity contribution in [1.82, 2.24) is 10.2 Å². The molecule has 42 heavy (non-hydrogen) atoms. The van der Waals surface area contributed by atoms with E-state index in [0.29, 0.717) is 16.9 Å².